The Morgan fingerprint density at radius 2 is 2.00 bits per heavy atom. The van der Waals surface area contributed by atoms with Crippen molar-refractivity contribution in [2.75, 3.05) is 13.6 Å². The van der Waals surface area contributed by atoms with Crippen molar-refractivity contribution >= 4 is 0 Å². The largest absolute Gasteiger partial charge is 0.404 e. The van der Waals surface area contributed by atoms with E-state index in [0.29, 0.717) is 0 Å². The molecule has 0 aromatic rings. The second-order valence-electron chi connectivity index (χ2n) is 3.20. The summed E-state index contributed by atoms with van der Waals surface area (Å²) in [6, 6.07) is 0. The maximum absolute atomic E-state index is 5.37. The van der Waals surface area contributed by atoms with Crippen LogP contribution < -0.4 is 16.4 Å². The van der Waals surface area contributed by atoms with Crippen LogP contribution in [0.2, 0.25) is 0 Å². The fourth-order valence-corrected chi connectivity index (χ4v) is 0.975. The molecule has 0 saturated carbocycles. The molecule has 0 aliphatic carbocycles. The lowest BCUT2D eigenvalue weighted by Gasteiger charge is -2.10. The third-order valence-corrected chi connectivity index (χ3v) is 2.05. The van der Waals surface area contributed by atoms with Gasteiger partial charge in [-0.2, -0.15) is 0 Å². The molecule has 16 heavy (non-hydrogen) atoms. The maximum atomic E-state index is 5.37. The van der Waals surface area contributed by atoms with Crippen LogP contribution in [0.3, 0.4) is 0 Å². The van der Waals surface area contributed by atoms with Crippen LogP contribution in [0.25, 0.3) is 0 Å². The Labute approximate surface area is 98.1 Å². The van der Waals surface area contributed by atoms with Crippen molar-refractivity contribution in [3.05, 3.63) is 61.1 Å². The Morgan fingerprint density at radius 1 is 1.31 bits per heavy atom. The summed E-state index contributed by atoms with van der Waals surface area (Å²) in [7, 11) is 1.82. The van der Waals surface area contributed by atoms with E-state index in [9.17, 15) is 0 Å². The van der Waals surface area contributed by atoms with Crippen LogP contribution in [-0.4, -0.2) is 13.6 Å². The zero-order chi connectivity index (χ0) is 12.4. The molecule has 0 aromatic carbocycles. The molecule has 0 aromatic heterocycles. The van der Waals surface area contributed by atoms with E-state index in [-0.39, 0.29) is 0 Å². The minimum Gasteiger partial charge on any atom is -0.404 e. The molecular formula is C13H21N3. The number of allylic oxidation sites excluding steroid dienone is 3. The molecule has 0 fully saturated rings. The Balaban J connectivity index is 3.80. The monoisotopic (exact) mass is 219 g/mol. The topological polar surface area (TPSA) is 50.1 Å². The lowest BCUT2D eigenvalue weighted by molar-refractivity contribution is 0.792. The van der Waals surface area contributed by atoms with E-state index in [2.05, 4.69) is 30.4 Å². The third-order valence-electron chi connectivity index (χ3n) is 2.05. The number of likely N-dealkylation sites (N-methyl/N-ethyl adjacent to an activating group) is 1. The van der Waals surface area contributed by atoms with E-state index in [0.717, 1.165) is 29.9 Å². The first kappa shape index (κ1) is 14.1. The van der Waals surface area contributed by atoms with Crippen LogP contribution in [0.4, 0.5) is 0 Å². The normalized spacial score (nSPS) is 11.2. The van der Waals surface area contributed by atoms with Gasteiger partial charge in [-0.25, -0.2) is 0 Å². The molecule has 88 valence electrons. The molecule has 0 heterocycles. The highest BCUT2D eigenvalue weighted by Gasteiger charge is 1.94. The van der Waals surface area contributed by atoms with Crippen molar-refractivity contribution in [2.24, 2.45) is 5.73 Å². The van der Waals surface area contributed by atoms with E-state index in [1.165, 1.54) is 6.20 Å². The van der Waals surface area contributed by atoms with Gasteiger partial charge in [-0.3, -0.25) is 0 Å². The fourth-order valence-electron chi connectivity index (χ4n) is 0.975. The van der Waals surface area contributed by atoms with Gasteiger partial charge in [-0.1, -0.05) is 38.0 Å². The van der Waals surface area contributed by atoms with Crippen molar-refractivity contribution in [1.29, 1.82) is 0 Å². The first-order valence-electron chi connectivity index (χ1n) is 5.16. The SMILES string of the molecule is C=CC(/C=C\CCNC(=C)C(=C)NC)=C/N. The number of nitrogens with one attached hydrogen (secondary N) is 2. The summed E-state index contributed by atoms with van der Waals surface area (Å²) in [4.78, 5) is 0. The third kappa shape index (κ3) is 5.75. The molecule has 0 bridgehead atoms. The van der Waals surface area contributed by atoms with Gasteiger partial charge < -0.3 is 16.4 Å². The van der Waals surface area contributed by atoms with Crippen LogP contribution in [0.15, 0.2) is 61.1 Å². The summed E-state index contributed by atoms with van der Waals surface area (Å²) in [5, 5.41) is 6.09. The molecule has 0 radical (unpaired) electrons. The standard InChI is InChI=1S/C13H21N3/c1-5-13(10-14)8-6-7-9-16-12(3)11(2)15-4/h5-6,8,10,15-16H,1-3,7,9,14H2,4H3/b8-6-,13-10-. The maximum Gasteiger partial charge on any atom is 0.0496 e. The lowest BCUT2D eigenvalue weighted by Crippen LogP contribution is -2.20. The Hall–Kier alpha value is -1.90. The highest BCUT2D eigenvalue weighted by atomic mass is 14.9. The molecule has 0 atom stereocenters. The summed E-state index contributed by atoms with van der Waals surface area (Å²) >= 11 is 0. The summed E-state index contributed by atoms with van der Waals surface area (Å²) < 4.78 is 0. The highest BCUT2D eigenvalue weighted by Crippen LogP contribution is 1.98. The minimum absolute atomic E-state index is 0.803. The van der Waals surface area contributed by atoms with Crippen molar-refractivity contribution in [3.63, 3.8) is 0 Å². The highest BCUT2D eigenvalue weighted by molar-refractivity contribution is 5.28. The number of hydrogen-bond acceptors (Lipinski definition) is 3. The quantitative estimate of drug-likeness (QED) is 0.431. The predicted molar refractivity (Wildman–Crippen MR) is 71.6 cm³/mol. The molecule has 4 N–H and O–H groups in total. The first-order chi connectivity index (χ1) is 7.65. The molecule has 0 amide bonds. The predicted octanol–water partition coefficient (Wildman–Crippen LogP) is 1.80. The van der Waals surface area contributed by atoms with E-state index >= 15 is 0 Å². The average molecular weight is 219 g/mol. The van der Waals surface area contributed by atoms with Crippen molar-refractivity contribution in [2.45, 2.75) is 6.42 Å². The zero-order valence-corrected chi connectivity index (χ0v) is 9.92. The molecule has 0 unspecified atom stereocenters. The molecule has 0 rings (SSSR count). The lowest BCUT2D eigenvalue weighted by atomic mass is 10.2. The van der Waals surface area contributed by atoms with Crippen molar-refractivity contribution < 1.29 is 0 Å². The second kappa shape index (κ2) is 8.41. The van der Waals surface area contributed by atoms with Gasteiger partial charge in [0.2, 0.25) is 0 Å². The van der Waals surface area contributed by atoms with E-state index in [1.54, 1.807) is 6.08 Å². The van der Waals surface area contributed by atoms with Gasteiger partial charge in [0.1, 0.15) is 0 Å². The van der Waals surface area contributed by atoms with Gasteiger partial charge >= 0.3 is 0 Å². The minimum atomic E-state index is 0.803. The van der Waals surface area contributed by atoms with E-state index < -0.39 is 0 Å². The summed E-state index contributed by atoms with van der Waals surface area (Å²) in [6.07, 6.45) is 8.10. The Morgan fingerprint density at radius 3 is 2.50 bits per heavy atom. The van der Waals surface area contributed by atoms with Crippen LogP contribution in [0.1, 0.15) is 6.42 Å². The summed E-state index contributed by atoms with van der Waals surface area (Å²) in [5.74, 6) is 0. The second-order valence-corrected chi connectivity index (χ2v) is 3.20. The zero-order valence-electron chi connectivity index (χ0n) is 9.92. The van der Waals surface area contributed by atoms with Gasteiger partial charge in [0.15, 0.2) is 0 Å². The van der Waals surface area contributed by atoms with Gasteiger partial charge in [-0.05, 0) is 12.0 Å². The molecule has 3 heteroatoms. The molecule has 0 aliphatic heterocycles. The number of hydrogen-bond donors (Lipinski definition) is 3. The summed E-state index contributed by atoms with van der Waals surface area (Å²) in [6.45, 7) is 12.1. The van der Waals surface area contributed by atoms with Crippen LogP contribution in [0, 0.1) is 0 Å². The fraction of sp³-hybridized carbons (Fsp3) is 0.231. The number of nitrogens with two attached hydrogens (primary N) is 1. The Bertz CT molecular complexity index is 311. The average Bonchev–Trinajstić information content (AvgIpc) is 2.32. The Kier molecular flexibility index (Phi) is 7.41. The van der Waals surface area contributed by atoms with Crippen LogP contribution >= 0.6 is 0 Å². The van der Waals surface area contributed by atoms with Gasteiger partial charge in [-0.15, -0.1) is 0 Å². The number of rotatable bonds is 8. The molecule has 0 aliphatic rings. The van der Waals surface area contributed by atoms with Crippen LogP contribution in [0.5, 0.6) is 0 Å². The smallest absolute Gasteiger partial charge is 0.0496 e. The van der Waals surface area contributed by atoms with E-state index in [1.807, 2.05) is 19.2 Å². The van der Waals surface area contributed by atoms with Gasteiger partial charge in [0.25, 0.3) is 0 Å². The molecule has 0 spiro atoms. The first-order valence-corrected chi connectivity index (χ1v) is 5.16. The molecule has 0 saturated heterocycles. The van der Waals surface area contributed by atoms with Crippen molar-refractivity contribution in [3.8, 4) is 0 Å². The van der Waals surface area contributed by atoms with Crippen LogP contribution in [-0.2, 0) is 0 Å². The van der Waals surface area contributed by atoms with Crippen molar-refractivity contribution in [1.82, 2.24) is 10.6 Å². The molecular weight excluding hydrogens is 198 g/mol. The van der Waals surface area contributed by atoms with E-state index in [4.69, 9.17) is 5.73 Å². The van der Waals surface area contributed by atoms with Gasteiger partial charge in [0.05, 0.1) is 0 Å². The molecule has 3 nitrogen and oxygen atoms in total. The van der Waals surface area contributed by atoms with Gasteiger partial charge in [0, 0.05) is 31.2 Å². The summed E-state index contributed by atoms with van der Waals surface area (Å²) in [5.41, 5.74) is 7.90.